The number of hydrazone groups is 1. The fourth-order valence-corrected chi connectivity index (χ4v) is 3.98. The highest BCUT2D eigenvalue weighted by Gasteiger charge is 2.34. The van der Waals surface area contributed by atoms with Gasteiger partial charge in [-0.2, -0.15) is 5.10 Å². The molecule has 8 heteroatoms. The molecule has 1 aliphatic carbocycles. The number of rotatable bonds is 7. The Morgan fingerprint density at radius 2 is 1.93 bits per heavy atom. The molecule has 2 unspecified atom stereocenters. The summed E-state index contributed by atoms with van der Waals surface area (Å²) in [5, 5.41) is 26.5. The lowest BCUT2D eigenvalue weighted by atomic mass is 9.66. The second kappa shape index (κ2) is 8.45. The molecule has 1 aromatic rings. The third-order valence-corrected chi connectivity index (χ3v) is 5.48. The molecule has 0 bridgehead atoms. The van der Waals surface area contributed by atoms with Crippen LogP contribution in [-0.4, -0.2) is 15.6 Å². The molecule has 1 aromatic carbocycles. The van der Waals surface area contributed by atoms with Gasteiger partial charge in [0.1, 0.15) is 5.69 Å². The molecule has 0 radical (unpaired) electrons. The standard InChI is InChI=1S/C19H28N4O4/c1-5-8-19(3,4)14-9-13(2)10-15(11-14)20-21-17-7-6-16(22(24)25)12-18(17)23(26)27/h6-7,12-14,21H,5,8-11H2,1-4H3. The number of nitrogens with one attached hydrogen (secondary N) is 1. The molecule has 2 rings (SSSR count). The van der Waals surface area contributed by atoms with E-state index < -0.39 is 9.85 Å². The number of anilines is 1. The van der Waals surface area contributed by atoms with Gasteiger partial charge in [0.25, 0.3) is 5.69 Å². The van der Waals surface area contributed by atoms with Crippen LogP contribution in [0.5, 0.6) is 0 Å². The summed E-state index contributed by atoms with van der Waals surface area (Å²) < 4.78 is 0. The fourth-order valence-electron chi connectivity index (χ4n) is 3.98. The Labute approximate surface area is 159 Å². The average Bonchev–Trinajstić information content (AvgIpc) is 2.59. The van der Waals surface area contributed by atoms with Gasteiger partial charge >= 0.3 is 5.69 Å². The first-order chi connectivity index (χ1) is 12.6. The normalized spacial score (nSPS) is 21.9. The second-order valence-electron chi connectivity index (χ2n) is 8.19. The lowest BCUT2D eigenvalue weighted by molar-refractivity contribution is -0.393. The van der Waals surface area contributed by atoms with Gasteiger partial charge in [-0.15, -0.1) is 0 Å². The molecule has 1 aliphatic rings. The molecule has 27 heavy (non-hydrogen) atoms. The lowest BCUT2D eigenvalue weighted by Crippen LogP contribution is -2.32. The van der Waals surface area contributed by atoms with Crippen molar-refractivity contribution in [1.29, 1.82) is 0 Å². The van der Waals surface area contributed by atoms with E-state index in [1.54, 1.807) is 0 Å². The average molecular weight is 376 g/mol. The SMILES string of the molecule is CCCC(C)(C)C1CC(=NNc2ccc([N+](=O)[O-])cc2[N+](=O)[O-])CC(C)C1. The van der Waals surface area contributed by atoms with Crippen LogP contribution in [0.4, 0.5) is 17.1 Å². The Kier molecular flexibility index (Phi) is 6.51. The van der Waals surface area contributed by atoms with E-state index in [9.17, 15) is 20.2 Å². The molecule has 0 amide bonds. The molecule has 0 heterocycles. The van der Waals surface area contributed by atoms with Crippen molar-refractivity contribution >= 4 is 22.8 Å². The van der Waals surface area contributed by atoms with Crippen LogP contribution < -0.4 is 5.43 Å². The van der Waals surface area contributed by atoms with Gasteiger partial charge < -0.3 is 0 Å². The van der Waals surface area contributed by atoms with Crippen LogP contribution in [0.15, 0.2) is 23.3 Å². The van der Waals surface area contributed by atoms with E-state index >= 15 is 0 Å². The minimum Gasteiger partial charge on any atom is -0.272 e. The summed E-state index contributed by atoms with van der Waals surface area (Å²) in [5.74, 6) is 1.03. The second-order valence-corrected chi connectivity index (χ2v) is 8.19. The third kappa shape index (κ3) is 5.24. The Morgan fingerprint density at radius 1 is 1.22 bits per heavy atom. The summed E-state index contributed by atoms with van der Waals surface area (Å²) in [6, 6.07) is 3.54. The molecule has 1 saturated carbocycles. The van der Waals surface area contributed by atoms with Crippen molar-refractivity contribution < 1.29 is 9.85 Å². The number of hydrogen-bond acceptors (Lipinski definition) is 6. The Morgan fingerprint density at radius 3 is 2.52 bits per heavy atom. The lowest BCUT2D eigenvalue weighted by Gasteiger charge is -2.39. The fraction of sp³-hybridized carbons (Fsp3) is 0.632. The van der Waals surface area contributed by atoms with Crippen molar-refractivity contribution in [2.24, 2.45) is 22.4 Å². The monoisotopic (exact) mass is 376 g/mol. The zero-order valence-corrected chi connectivity index (χ0v) is 16.4. The number of non-ortho nitro benzene ring substituents is 1. The van der Waals surface area contributed by atoms with Crippen LogP contribution in [0.3, 0.4) is 0 Å². The summed E-state index contributed by atoms with van der Waals surface area (Å²) >= 11 is 0. The zero-order chi connectivity index (χ0) is 20.2. The minimum absolute atomic E-state index is 0.167. The van der Waals surface area contributed by atoms with Crippen molar-refractivity contribution in [3.63, 3.8) is 0 Å². The molecule has 1 N–H and O–H groups in total. The van der Waals surface area contributed by atoms with Gasteiger partial charge in [0.15, 0.2) is 0 Å². The van der Waals surface area contributed by atoms with Gasteiger partial charge in [0, 0.05) is 11.8 Å². The molecule has 148 valence electrons. The van der Waals surface area contributed by atoms with E-state index in [-0.39, 0.29) is 22.5 Å². The molecule has 1 fully saturated rings. The Balaban J connectivity index is 2.21. The van der Waals surface area contributed by atoms with Crippen LogP contribution in [0, 0.1) is 37.5 Å². The summed E-state index contributed by atoms with van der Waals surface area (Å²) in [4.78, 5) is 20.8. The van der Waals surface area contributed by atoms with Gasteiger partial charge in [-0.25, -0.2) is 0 Å². The predicted octanol–water partition coefficient (Wildman–Crippen LogP) is 5.53. The predicted molar refractivity (Wildman–Crippen MR) is 106 cm³/mol. The van der Waals surface area contributed by atoms with Gasteiger partial charge in [-0.05, 0) is 49.0 Å². The highest BCUT2D eigenvalue weighted by atomic mass is 16.6. The van der Waals surface area contributed by atoms with E-state index in [1.807, 2.05) is 0 Å². The van der Waals surface area contributed by atoms with Crippen molar-refractivity contribution in [2.45, 2.75) is 59.8 Å². The number of hydrogen-bond donors (Lipinski definition) is 1. The maximum Gasteiger partial charge on any atom is 0.301 e. The van der Waals surface area contributed by atoms with Crippen LogP contribution in [-0.2, 0) is 0 Å². The van der Waals surface area contributed by atoms with Gasteiger partial charge in [0.05, 0.1) is 15.9 Å². The smallest absolute Gasteiger partial charge is 0.272 e. The van der Waals surface area contributed by atoms with Crippen molar-refractivity contribution in [1.82, 2.24) is 0 Å². The Hall–Kier alpha value is -2.51. The summed E-state index contributed by atoms with van der Waals surface area (Å²) in [6.07, 6.45) is 5.16. The Bertz CT molecular complexity index is 745. The zero-order valence-electron chi connectivity index (χ0n) is 16.4. The topological polar surface area (TPSA) is 111 Å². The maximum absolute atomic E-state index is 11.2. The quantitative estimate of drug-likeness (QED) is 0.496. The van der Waals surface area contributed by atoms with Crippen LogP contribution in [0.1, 0.15) is 59.8 Å². The van der Waals surface area contributed by atoms with Gasteiger partial charge in [-0.1, -0.05) is 34.1 Å². The third-order valence-electron chi connectivity index (χ3n) is 5.48. The minimum atomic E-state index is -0.647. The van der Waals surface area contributed by atoms with E-state index in [4.69, 9.17) is 0 Å². The molecular weight excluding hydrogens is 348 g/mol. The molecule has 0 aromatic heterocycles. The van der Waals surface area contributed by atoms with Gasteiger partial charge in [0.2, 0.25) is 0 Å². The van der Waals surface area contributed by atoms with Crippen LogP contribution in [0.2, 0.25) is 0 Å². The highest BCUT2D eigenvalue weighted by Crippen LogP contribution is 2.42. The molecule has 2 atom stereocenters. The summed E-state index contributed by atoms with van der Waals surface area (Å²) in [6.45, 7) is 8.99. The number of benzene rings is 1. The van der Waals surface area contributed by atoms with E-state index in [0.717, 1.165) is 43.9 Å². The molecule has 0 spiro atoms. The highest BCUT2D eigenvalue weighted by molar-refractivity contribution is 5.86. The molecule has 8 nitrogen and oxygen atoms in total. The van der Waals surface area contributed by atoms with E-state index in [1.165, 1.54) is 12.1 Å². The van der Waals surface area contributed by atoms with Crippen molar-refractivity contribution in [3.05, 3.63) is 38.4 Å². The largest absolute Gasteiger partial charge is 0.301 e. The summed E-state index contributed by atoms with van der Waals surface area (Å²) in [5.41, 5.74) is 3.51. The summed E-state index contributed by atoms with van der Waals surface area (Å²) in [7, 11) is 0. The van der Waals surface area contributed by atoms with E-state index in [0.29, 0.717) is 11.8 Å². The number of nitro benzene ring substituents is 2. The first-order valence-corrected chi connectivity index (χ1v) is 9.38. The number of nitro groups is 2. The van der Waals surface area contributed by atoms with E-state index in [2.05, 4.69) is 38.2 Å². The van der Waals surface area contributed by atoms with Crippen LogP contribution >= 0.6 is 0 Å². The van der Waals surface area contributed by atoms with Gasteiger partial charge in [-0.3, -0.25) is 25.7 Å². The molecule has 0 aliphatic heterocycles. The molecular formula is C19H28N4O4. The van der Waals surface area contributed by atoms with Crippen molar-refractivity contribution in [2.75, 3.05) is 5.43 Å². The van der Waals surface area contributed by atoms with Crippen LogP contribution in [0.25, 0.3) is 0 Å². The maximum atomic E-state index is 11.2. The first kappa shape index (κ1) is 20.8. The van der Waals surface area contributed by atoms with Crippen molar-refractivity contribution in [3.8, 4) is 0 Å². The molecule has 0 saturated heterocycles. The number of nitrogens with zero attached hydrogens (tertiary/aromatic N) is 3. The first-order valence-electron chi connectivity index (χ1n) is 9.38.